The average molecular weight is 429 g/mol. The van der Waals surface area contributed by atoms with Crippen molar-refractivity contribution >= 4 is 29.1 Å². The largest absolute Gasteiger partial charge is 0.497 e. The number of benzene rings is 2. The maximum absolute atomic E-state index is 12.8. The second-order valence-corrected chi connectivity index (χ2v) is 8.06. The molecule has 2 heterocycles. The van der Waals surface area contributed by atoms with Crippen LogP contribution in [0.1, 0.15) is 34.3 Å². The highest BCUT2D eigenvalue weighted by atomic mass is 16.5. The molecule has 2 N–H and O–H groups in total. The van der Waals surface area contributed by atoms with Gasteiger partial charge in [0.05, 0.1) is 7.11 Å². The lowest BCUT2D eigenvalue weighted by Gasteiger charge is -2.15. The second kappa shape index (κ2) is 8.30. The van der Waals surface area contributed by atoms with Gasteiger partial charge in [0.1, 0.15) is 23.7 Å². The number of aromatic nitrogens is 2. The van der Waals surface area contributed by atoms with Crippen LogP contribution in [0.4, 0.5) is 17.3 Å². The predicted molar refractivity (Wildman–Crippen MR) is 120 cm³/mol. The van der Waals surface area contributed by atoms with E-state index >= 15 is 0 Å². The fourth-order valence-corrected chi connectivity index (χ4v) is 3.75. The highest BCUT2D eigenvalue weighted by Crippen LogP contribution is 2.31. The molecule has 1 fully saturated rings. The van der Waals surface area contributed by atoms with E-state index in [2.05, 4.69) is 20.6 Å². The molecular weight excluding hydrogens is 406 g/mol. The van der Waals surface area contributed by atoms with Crippen molar-refractivity contribution in [2.24, 2.45) is 5.92 Å². The van der Waals surface area contributed by atoms with Crippen molar-refractivity contribution in [3.63, 3.8) is 0 Å². The number of ether oxygens (including phenoxy) is 1. The Labute approximate surface area is 185 Å². The number of nitrogens with one attached hydrogen (secondary N) is 2. The van der Waals surface area contributed by atoms with Crippen LogP contribution in [0.5, 0.6) is 5.75 Å². The zero-order valence-electron chi connectivity index (χ0n) is 17.7. The quantitative estimate of drug-likeness (QED) is 0.594. The Morgan fingerprint density at radius 2 is 1.88 bits per heavy atom. The van der Waals surface area contributed by atoms with Crippen LogP contribution in [0.15, 0.2) is 54.9 Å². The molecule has 5 rings (SSSR count). The molecular formula is C24H23N5O3. The Kier molecular flexibility index (Phi) is 5.18. The number of anilines is 3. The van der Waals surface area contributed by atoms with Gasteiger partial charge in [-0.2, -0.15) is 0 Å². The van der Waals surface area contributed by atoms with E-state index in [4.69, 9.17) is 4.74 Å². The minimum Gasteiger partial charge on any atom is -0.497 e. The number of methoxy groups -OCH3 is 1. The van der Waals surface area contributed by atoms with E-state index in [0.29, 0.717) is 30.3 Å². The van der Waals surface area contributed by atoms with Gasteiger partial charge >= 0.3 is 0 Å². The fraction of sp³-hybridized carbons (Fsp3) is 0.250. The molecule has 0 atom stereocenters. The highest BCUT2D eigenvalue weighted by molar-refractivity contribution is 5.99. The number of fused-ring (bicyclic) bond motifs is 1. The summed E-state index contributed by atoms with van der Waals surface area (Å²) in [6.45, 7) is 1.08. The minimum absolute atomic E-state index is 0.00245. The van der Waals surface area contributed by atoms with Crippen molar-refractivity contribution in [1.82, 2.24) is 14.9 Å². The SMILES string of the molecule is COc1ccc(CN2Cc3cc(Nc4cc(NC(=O)C5CC5)ncn4)ccc3C2=O)cc1. The summed E-state index contributed by atoms with van der Waals surface area (Å²) < 4.78 is 5.20. The van der Waals surface area contributed by atoms with Gasteiger partial charge in [0.15, 0.2) is 0 Å². The summed E-state index contributed by atoms with van der Waals surface area (Å²) in [6.07, 6.45) is 3.29. The van der Waals surface area contributed by atoms with E-state index in [1.165, 1.54) is 6.33 Å². The maximum atomic E-state index is 12.8. The molecule has 2 aliphatic rings. The Hall–Kier alpha value is -3.94. The summed E-state index contributed by atoms with van der Waals surface area (Å²) in [5, 5.41) is 6.06. The van der Waals surface area contributed by atoms with Gasteiger partial charge in [0.25, 0.3) is 5.91 Å². The van der Waals surface area contributed by atoms with Crippen LogP contribution in [0, 0.1) is 5.92 Å². The lowest BCUT2D eigenvalue weighted by Crippen LogP contribution is -2.23. The molecule has 2 amide bonds. The van der Waals surface area contributed by atoms with Crippen LogP contribution in [-0.4, -0.2) is 33.8 Å². The van der Waals surface area contributed by atoms with Gasteiger partial charge in [0, 0.05) is 36.3 Å². The van der Waals surface area contributed by atoms with Crippen molar-refractivity contribution in [2.75, 3.05) is 17.7 Å². The van der Waals surface area contributed by atoms with Crippen LogP contribution in [0.2, 0.25) is 0 Å². The molecule has 1 saturated carbocycles. The first-order valence-electron chi connectivity index (χ1n) is 10.5. The minimum atomic E-state index is 0.00245. The number of carbonyl (C=O) groups is 2. The predicted octanol–water partition coefficient (Wildman–Crippen LogP) is 3.73. The van der Waals surface area contributed by atoms with Crippen LogP contribution in [0.3, 0.4) is 0 Å². The average Bonchev–Trinajstić information content (AvgIpc) is 3.61. The lowest BCUT2D eigenvalue weighted by molar-refractivity contribution is -0.117. The van der Waals surface area contributed by atoms with Gasteiger partial charge in [0.2, 0.25) is 5.91 Å². The van der Waals surface area contributed by atoms with Crippen LogP contribution < -0.4 is 15.4 Å². The molecule has 2 aromatic carbocycles. The van der Waals surface area contributed by atoms with Crippen molar-refractivity contribution < 1.29 is 14.3 Å². The molecule has 162 valence electrons. The van der Waals surface area contributed by atoms with Crippen molar-refractivity contribution in [3.8, 4) is 5.75 Å². The molecule has 8 nitrogen and oxygen atoms in total. The van der Waals surface area contributed by atoms with Gasteiger partial charge < -0.3 is 20.3 Å². The molecule has 8 heteroatoms. The number of hydrogen-bond acceptors (Lipinski definition) is 6. The van der Waals surface area contributed by atoms with Gasteiger partial charge in [-0.15, -0.1) is 0 Å². The molecule has 32 heavy (non-hydrogen) atoms. The zero-order chi connectivity index (χ0) is 22.1. The van der Waals surface area contributed by atoms with E-state index in [-0.39, 0.29) is 17.7 Å². The van der Waals surface area contributed by atoms with Gasteiger partial charge in [-0.1, -0.05) is 12.1 Å². The Bertz CT molecular complexity index is 1170. The fourth-order valence-electron chi connectivity index (χ4n) is 3.75. The summed E-state index contributed by atoms with van der Waals surface area (Å²) in [5.74, 6) is 1.97. The first kappa shape index (κ1) is 20.0. The summed E-state index contributed by atoms with van der Waals surface area (Å²) >= 11 is 0. The molecule has 3 aromatic rings. The molecule has 0 unspecified atom stereocenters. The van der Waals surface area contributed by atoms with E-state index in [0.717, 1.165) is 35.4 Å². The number of hydrogen-bond donors (Lipinski definition) is 2. The summed E-state index contributed by atoms with van der Waals surface area (Å²) in [7, 11) is 1.63. The molecule has 0 saturated heterocycles. The molecule has 1 aliphatic heterocycles. The standard InChI is InChI=1S/C24H23N5O3/c1-32-19-7-2-15(3-8-19)12-29-13-17-10-18(6-9-20(17)24(29)31)27-21-11-22(26-14-25-21)28-23(30)16-4-5-16/h2-3,6-11,14,16H,4-5,12-13H2,1H3,(H2,25,26,27,28,30). The van der Waals surface area contributed by atoms with Crippen molar-refractivity contribution in [1.29, 1.82) is 0 Å². The summed E-state index contributed by atoms with van der Waals surface area (Å²) in [4.78, 5) is 35.0. The van der Waals surface area contributed by atoms with Crippen molar-refractivity contribution in [2.45, 2.75) is 25.9 Å². The van der Waals surface area contributed by atoms with Crippen LogP contribution >= 0.6 is 0 Å². The van der Waals surface area contributed by atoms with Gasteiger partial charge in [-0.05, 0) is 54.3 Å². The van der Waals surface area contributed by atoms with Gasteiger partial charge in [-0.25, -0.2) is 9.97 Å². The van der Waals surface area contributed by atoms with Crippen LogP contribution in [-0.2, 0) is 17.9 Å². The van der Waals surface area contributed by atoms with E-state index in [1.807, 2.05) is 47.4 Å². The second-order valence-electron chi connectivity index (χ2n) is 8.06. The Morgan fingerprint density at radius 1 is 1.09 bits per heavy atom. The van der Waals surface area contributed by atoms with E-state index < -0.39 is 0 Å². The number of nitrogens with zero attached hydrogens (tertiary/aromatic N) is 3. The smallest absolute Gasteiger partial charge is 0.254 e. The molecule has 0 spiro atoms. The normalized spacial score (nSPS) is 14.8. The number of carbonyl (C=O) groups excluding carboxylic acids is 2. The van der Waals surface area contributed by atoms with E-state index in [9.17, 15) is 9.59 Å². The summed E-state index contributed by atoms with van der Waals surface area (Å²) in [6, 6.07) is 15.1. The highest BCUT2D eigenvalue weighted by Gasteiger charge is 2.30. The van der Waals surface area contributed by atoms with Gasteiger partial charge in [-0.3, -0.25) is 9.59 Å². The lowest BCUT2D eigenvalue weighted by atomic mass is 10.1. The third kappa shape index (κ3) is 4.25. The third-order valence-electron chi connectivity index (χ3n) is 5.66. The first-order valence-corrected chi connectivity index (χ1v) is 10.5. The van der Waals surface area contributed by atoms with Crippen LogP contribution in [0.25, 0.3) is 0 Å². The van der Waals surface area contributed by atoms with Crippen molar-refractivity contribution in [3.05, 3.63) is 71.5 Å². The zero-order valence-corrected chi connectivity index (χ0v) is 17.7. The summed E-state index contributed by atoms with van der Waals surface area (Å²) in [5.41, 5.74) is 3.54. The topological polar surface area (TPSA) is 96.5 Å². The maximum Gasteiger partial charge on any atom is 0.254 e. The number of rotatable bonds is 7. The molecule has 1 aromatic heterocycles. The molecule has 0 radical (unpaired) electrons. The molecule has 1 aliphatic carbocycles. The monoisotopic (exact) mass is 429 g/mol. The molecule has 0 bridgehead atoms. The first-order chi connectivity index (χ1) is 15.6. The Morgan fingerprint density at radius 3 is 2.62 bits per heavy atom. The van der Waals surface area contributed by atoms with E-state index in [1.54, 1.807) is 13.2 Å². The number of amides is 2. The third-order valence-corrected chi connectivity index (χ3v) is 5.66. The Balaban J connectivity index is 1.26.